The molecule has 2 unspecified atom stereocenters. The zero-order valence-corrected chi connectivity index (χ0v) is 40.2. The van der Waals surface area contributed by atoms with E-state index in [1.807, 2.05) is 36.2 Å². The number of hydrogen-bond acceptors (Lipinski definition) is 12. The average molecular weight is 948 g/mol. The van der Waals surface area contributed by atoms with Crippen LogP contribution in [-0.2, 0) is 30.2 Å². The molecular formula is C53H69N7O9. The summed E-state index contributed by atoms with van der Waals surface area (Å²) in [5, 5.41) is 26.6. The molecular weight excluding hydrogens is 879 g/mol. The quantitative estimate of drug-likeness (QED) is 0.0462. The first-order valence-electron chi connectivity index (χ1n) is 24.5. The third-order valence-corrected chi connectivity index (χ3v) is 13.4. The molecule has 0 radical (unpaired) electrons. The number of aromatic nitrogens is 1. The van der Waals surface area contributed by atoms with Crippen molar-refractivity contribution in [2.24, 2.45) is 0 Å². The number of nitrogens with one attached hydrogen (secondary N) is 2. The number of aliphatic carboxylic acids is 1. The van der Waals surface area contributed by atoms with Gasteiger partial charge in [-0.1, -0.05) is 36.4 Å². The second-order valence-corrected chi connectivity index (χ2v) is 18.2. The highest BCUT2D eigenvalue weighted by atomic mass is 16.5. The zero-order valence-electron chi connectivity index (χ0n) is 40.2. The second kappa shape index (κ2) is 25.7. The number of fused-ring (bicyclic) bond motifs is 1. The Morgan fingerprint density at radius 1 is 0.768 bits per heavy atom. The summed E-state index contributed by atoms with van der Waals surface area (Å²) >= 11 is 0. The minimum atomic E-state index is -0.998. The lowest BCUT2D eigenvalue weighted by molar-refractivity contribution is -0.138. The molecule has 3 amide bonds. The van der Waals surface area contributed by atoms with Crippen molar-refractivity contribution < 1.29 is 43.6 Å². The van der Waals surface area contributed by atoms with E-state index in [1.165, 1.54) is 17.5 Å². The minimum absolute atomic E-state index is 0.0344. The van der Waals surface area contributed by atoms with E-state index in [-0.39, 0.29) is 42.8 Å². The molecule has 2 fully saturated rings. The Hall–Kier alpha value is -5.75. The number of benzene rings is 3. The molecule has 7 rings (SSSR count). The number of nitrogens with zero attached hydrogens (tertiary/aromatic N) is 5. The van der Waals surface area contributed by atoms with Gasteiger partial charge in [0.2, 0.25) is 5.91 Å². The van der Waals surface area contributed by atoms with Crippen molar-refractivity contribution in [1.29, 1.82) is 0 Å². The van der Waals surface area contributed by atoms with Crippen LogP contribution in [0.25, 0.3) is 11.3 Å². The van der Waals surface area contributed by atoms with Gasteiger partial charge >= 0.3 is 5.97 Å². The number of anilines is 2. The van der Waals surface area contributed by atoms with Gasteiger partial charge in [0.25, 0.3) is 11.8 Å². The monoisotopic (exact) mass is 948 g/mol. The van der Waals surface area contributed by atoms with Gasteiger partial charge in [-0.3, -0.25) is 34.0 Å². The van der Waals surface area contributed by atoms with E-state index in [4.69, 9.17) is 24.3 Å². The molecule has 2 saturated heterocycles. The van der Waals surface area contributed by atoms with E-state index < -0.39 is 12.2 Å². The third kappa shape index (κ3) is 14.4. The number of carbonyl (C=O) groups is 4. The van der Waals surface area contributed by atoms with Crippen molar-refractivity contribution in [2.45, 2.75) is 76.1 Å². The number of likely N-dealkylation sites (N-methyl/N-ethyl adjacent to an activating group) is 2. The van der Waals surface area contributed by atoms with E-state index in [9.17, 15) is 24.3 Å². The highest BCUT2D eigenvalue weighted by Crippen LogP contribution is 2.34. The first-order chi connectivity index (χ1) is 33.5. The maximum absolute atomic E-state index is 14.1. The molecule has 3 aromatic carbocycles. The summed E-state index contributed by atoms with van der Waals surface area (Å²) < 4.78 is 16.3. The van der Waals surface area contributed by atoms with Crippen molar-refractivity contribution in [3.63, 3.8) is 0 Å². The Morgan fingerprint density at radius 2 is 1.52 bits per heavy atom. The van der Waals surface area contributed by atoms with Crippen LogP contribution in [0, 0.1) is 0 Å². The lowest BCUT2D eigenvalue weighted by atomic mass is 9.87. The van der Waals surface area contributed by atoms with Gasteiger partial charge in [-0.05, 0) is 124 Å². The Labute approximate surface area is 405 Å². The smallest absolute Gasteiger partial charge is 0.305 e. The molecule has 3 aliphatic rings. The minimum Gasteiger partial charge on any atom is -0.481 e. The van der Waals surface area contributed by atoms with Gasteiger partial charge in [0.05, 0.1) is 69.5 Å². The van der Waals surface area contributed by atoms with E-state index >= 15 is 0 Å². The summed E-state index contributed by atoms with van der Waals surface area (Å²) in [5.41, 5.74) is 6.74. The number of aliphatic hydroxyl groups is 1. The first-order valence-corrected chi connectivity index (χ1v) is 24.5. The third-order valence-electron chi connectivity index (χ3n) is 13.4. The summed E-state index contributed by atoms with van der Waals surface area (Å²) in [5.74, 6) is -1.38. The van der Waals surface area contributed by atoms with Crippen LogP contribution in [0.3, 0.4) is 0 Å². The second-order valence-electron chi connectivity index (χ2n) is 18.2. The fraction of sp³-hybridized carbons (Fsp3) is 0.491. The number of likely N-dealkylation sites (tertiary alicyclic amines) is 1. The highest BCUT2D eigenvalue weighted by molar-refractivity contribution is 6.06. The molecule has 4 aromatic rings. The van der Waals surface area contributed by atoms with Gasteiger partial charge in [0.15, 0.2) is 0 Å². The molecule has 3 atom stereocenters. The molecule has 1 aliphatic carbocycles. The Morgan fingerprint density at radius 3 is 2.32 bits per heavy atom. The van der Waals surface area contributed by atoms with Crippen molar-refractivity contribution in [3.05, 3.63) is 113 Å². The van der Waals surface area contributed by atoms with Gasteiger partial charge in [0, 0.05) is 68.3 Å². The number of aliphatic hydroxyl groups excluding tert-OH is 1. The Balaban J connectivity index is 0.935. The van der Waals surface area contributed by atoms with Crippen LogP contribution in [-0.4, -0.2) is 153 Å². The lowest BCUT2D eigenvalue weighted by Gasteiger charge is -2.31. The predicted octanol–water partition coefficient (Wildman–Crippen LogP) is 6.17. The number of aryl methyl sites for hydroxylation is 1. The van der Waals surface area contributed by atoms with E-state index in [1.54, 1.807) is 54.5 Å². The molecule has 0 spiro atoms. The maximum Gasteiger partial charge on any atom is 0.305 e. The van der Waals surface area contributed by atoms with Crippen LogP contribution < -0.4 is 15.5 Å². The van der Waals surface area contributed by atoms with Gasteiger partial charge in [-0.2, -0.15) is 0 Å². The number of rotatable bonds is 24. The van der Waals surface area contributed by atoms with Crippen molar-refractivity contribution in [3.8, 4) is 11.3 Å². The highest BCUT2D eigenvalue weighted by Gasteiger charge is 2.33. The molecule has 0 saturated carbocycles. The Kier molecular flexibility index (Phi) is 19.1. The molecule has 16 nitrogen and oxygen atoms in total. The molecule has 69 heavy (non-hydrogen) atoms. The van der Waals surface area contributed by atoms with E-state index in [0.29, 0.717) is 86.3 Å². The SMILES string of the molecule is CN(CCOCCOCCOCCC(=O)O)C(=O)[C@@H]1CCCN1CCN(C)C(O)c1cccc(C(=O)Nc2ccc(N3CCCCC3)cc2-c2cc(C(=O)NC3CCCc4ccccc43)ccn2)c1. The summed E-state index contributed by atoms with van der Waals surface area (Å²) in [4.78, 5) is 64.7. The number of amides is 3. The zero-order chi connectivity index (χ0) is 48.5. The number of ether oxygens (including phenoxy) is 3. The number of piperidine rings is 1. The van der Waals surface area contributed by atoms with Crippen LogP contribution in [0.5, 0.6) is 0 Å². The van der Waals surface area contributed by atoms with Gasteiger partial charge in [-0.25, -0.2) is 0 Å². The molecule has 3 heterocycles. The summed E-state index contributed by atoms with van der Waals surface area (Å²) in [6, 6.07) is 24.5. The first kappa shape index (κ1) is 51.1. The van der Waals surface area contributed by atoms with E-state index in [2.05, 4.69) is 38.6 Å². The van der Waals surface area contributed by atoms with Gasteiger partial charge in [0.1, 0.15) is 6.23 Å². The molecule has 16 heteroatoms. The van der Waals surface area contributed by atoms with Crippen LogP contribution in [0.15, 0.2) is 85.1 Å². The van der Waals surface area contributed by atoms with Crippen molar-refractivity contribution >= 4 is 35.1 Å². The topological polar surface area (TPSA) is 186 Å². The van der Waals surface area contributed by atoms with Crippen LogP contribution in [0.4, 0.5) is 11.4 Å². The van der Waals surface area contributed by atoms with E-state index in [0.717, 1.165) is 70.3 Å². The standard InChI is InChI=1S/C53H69N7O9/c1-57(26-27-60-25-10-17-48(60)53(66)58(2)28-30-68-32-34-69-33-31-67-29-21-49(61)62)52(65)41-14-8-13-39(35-41)50(63)56-46-19-18-42(59-23-6-3-7-24-59)37-44(46)47-36-40(20-22-54-47)51(64)55-45-16-9-12-38-11-4-5-15-43(38)45/h4-5,8,11,13-15,18-20,22,35-37,45,48,52,65H,3,6-7,9-10,12,16-17,21,23-34H2,1-2H3,(H,55,64)(H,56,63)(H,61,62)/t45?,48-,52?/m0/s1. The molecule has 0 bridgehead atoms. The Bertz CT molecular complexity index is 2340. The fourth-order valence-electron chi connectivity index (χ4n) is 9.41. The molecule has 4 N–H and O–H groups in total. The lowest BCUT2D eigenvalue weighted by Crippen LogP contribution is -2.47. The average Bonchev–Trinajstić information content (AvgIpc) is 3.86. The largest absolute Gasteiger partial charge is 0.481 e. The van der Waals surface area contributed by atoms with Crippen molar-refractivity contribution in [1.82, 2.24) is 25.0 Å². The fourth-order valence-corrected chi connectivity index (χ4v) is 9.41. The number of carboxylic acids is 1. The number of pyridine rings is 1. The van der Waals surface area contributed by atoms with Gasteiger partial charge in [-0.15, -0.1) is 0 Å². The maximum atomic E-state index is 14.1. The number of hydrogen-bond donors (Lipinski definition) is 4. The summed E-state index contributed by atoms with van der Waals surface area (Å²) in [6.07, 6.45) is 8.56. The van der Waals surface area contributed by atoms with Crippen LogP contribution in [0.2, 0.25) is 0 Å². The van der Waals surface area contributed by atoms with Crippen molar-refractivity contribution in [2.75, 3.05) is 103 Å². The summed E-state index contributed by atoms with van der Waals surface area (Å²) in [6.45, 7) is 6.09. The normalized spacial score (nSPS) is 17.6. The van der Waals surface area contributed by atoms with Gasteiger partial charge < -0.3 is 44.9 Å². The van der Waals surface area contributed by atoms with Crippen LogP contribution >= 0.6 is 0 Å². The number of carboxylic acid groups (broad SMARTS) is 1. The molecule has 1 aromatic heterocycles. The number of carbonyl (C=O) groups excluding carboxylic acids is 3. The molecule has 2 aliphatic heterocycles. The predicted molar refractivity (Wildman–Crippen MR) is 264 cm³/mol. The summed E-state index contributed by atoms with van der Waals surface area (Å²) in [7, 11) is 3.61. The molecule has 370 valence electrons. The van der Waals surface area contributed by atoms with Crippen LogP contribution in [0.1, 0.15) is 101 Å².